The second-order valence-corrected chi connectivity index (χ2v) is 4.34. The molecule has 92 valence electrons. The second-order valence-electron chi connectivity index (χ2n) is 4.34. The van der Waals surface area contributed by atoms with Gasteiger partial charge in [-0.1, -0.05) is 0 Å². The van der Waals surface area contributed by atoms with Crippen molar-refractivity contribution in [3.63, 3.8) is 0 Å². The fraction of sp³-hybridized carbons (Fsp3) is 0.462. The standard InChI is InChI=1S/C13H18N2O2/c1-17-12-6-5-11(14)8-10(12)9-15-7-3-2-4-13(15)16/h5-6,8H,2-4,7,9,14H2,1H3. The maximum atomic E-state index is 11.7. The van der Waals surface area contributed by atoms with Gasteiger partial charge in [-0.05, 0) is 31.0 Å². The minimum Gasteiger partial charge on any atom is -0.496 e. The molecule has 17 heavy (non-hydrogen) atoms. The topological polar surface area (TPSA) is 55.6 Å². The first-order valence-corrected chi connectivity index (χ1v) is 5.91. The Hall–Kier alpha value is -1.71. The summed E-state index contributed by atoms with van der Waals surface area (Å²) in [5.74, 6) is 1.01. The van der Waals surface area contributed by atoms with Gasteiger partial charge in [0.15, 0.2) is 0 Å². The van der Waals surface area contributed by atoms with Crippen LogP contribution in [0.5, 0.6) is 5.75 Å². The summed E-state index contributed by atoms with van der Waals surface area (Å²) in [6.45, 7) is 1.42. The summed E-state index contributed by atoms with van der Waals surface area (Å²) in [5, 5.41) is 0. The summed E-state index contributed by atoms with van der Waals surface area (Å²) in [7, 11) is 1.63. The number of amides is 1. The van der Waals surface area contributed by atoms with E-state index in [1.807, 2.05) is 17.0 Å². The lowest BCUT2D eigenvalue weighted by Crippen LogP contribution is -2.34. The summed E-state index contributed by atoms with van der Waals surface area (Å²) >= 11 is 0. The van der Waals surface area contributed by atoms with Gasteiger partial charge < -0.3 is 15.4 Å². The van der Waals surface area contributed by atoms with Crippen LogP contribution in [0.15, 0.2) is 18.2 Å². The normalized spacial score (nSPS) is 16.1. The number of carbonyl (C=O) groups is 1. The first kappa shape index (κ1) is 11.8. The molecular formula is C13H18N2O2. The molecule has 1 aromatic rings. The maximum Gasteiger partial charge on any atom is 0.222 e. The van der Waals surface area contributed by atoms with Crippen LogP contribution in [0.25, 0.3) is 0 Å². The third-order valence-electron chi connectivity index (χ3n) is 3.09. The number of methoxy groups -OCH3 is 1. The Morgan fingerprint density at radius 1 is 1.41 bits per heavy atom. The van der Waals surface area contributed by atoms with Crippen molar-refractivity contribution in [3.05, 3.63) is 23.8 Å². The maximum absolute atomic E-state index is 11.7. The first-order valence-electron chi connectivity index (χ1n) is 5.91. The molecular weight excluding hydrogens is 216 g/mol. The van der Waals surface area contributed by atoms with Crippen LogP contribution in [0.2, 0.25) is 0 Å². The smallest absolute Gasteiger partial charge is 0.222 e. The van der Waals surface area contributed by atoms with E-state index in [2.05, 4.69) is 0 Å². The Balaban J connectivity index is 2.16. The van der Waals surface area contributed by atoms with Gasteiger partial charge in [-0.3, -0.25) is 4.79 Å². The molecule has 2 rings (SSSR count). The van der Waals surface area contributed by atoms with Crippen LogP contribution in [0.1, 0.15) is 24.8 Å². The highest BCUT2D eigenvalue weighted by Gasteiger charge is 2.19. The molecule has 0 unspecified atom stereocenters. The Morgan fingerprint density at radius 3 is 2.94 bits per heavy atom. The second kappa shape index (κ2) is 5.08. The molecule has 1 aromatic carbocycles. The molecule has 1 amide bonds. The Morgan fingerprint density at radius 2 is 2.24 bits per heavy atom. The highest BCUT2D eigenvalue weighted by Crippen LogP contribution is 2.24. The summed E-state index contributed by atoms with van der Waals surface area (Å²) in [6, 6.07) is 5.53. The van der Waals surface area contributed by atoms with E-state index in [1.54, 1.807) is 13.2 Å². The van der Waals surface area contributed by atoms with Crippen LogP contribution < -0.4 is 10.5 Å². The molecule has 1 fully saturated rings. The molecule has 4 heteroatoms. The van der Waals surface area contributed by atoms with Crippen molar-refractivity contribution in [2.24, 2.45) is 0 Å². The van der Waals surface area contributed by atoms with Crippen LogP contribution in [-0.4, -0.2) is 24.5 Å². The van der Waals surface area contributed by atoms with Gasteiger partial charge >= 0.3 is 0 Å². The number of nitrogen functional groups attached to an aromatic ring is 1. The first-order chi connectivity index (χ1) is 8.20. The van der Waals surface area contributed by atoms with E-state index in [0.29, 0.717) is 18.7 Å². The van der Waals surface area contributed by atoms with Crippen molar-refractivity contribution < 1.29 is 9.53 Å². The number of likely N-dealkylation sites (tertiary alicyclic amines) is 1. The molecule has 0 bridgehead atoms. The summed E-state index contributed by atoms with van der Waals surface area (Å²) < 4.78 is 5.28. The number of nitrogens with zero attached hydrogens (tertiary/aromatic N) is 1. The van der Waals surface area contributed by atoms with Gasteiger partial charge in [-0.2, -0.15) is 0 Å². The third-order valence-corrected chi connectivity index (χ3v) is 3.09. The van der Waals surface area contributed by atoms with E-state index < -0.39 is 0 Å². The van der Waals surface area contributed by atoms with Crippen LogP contribution in [0, 0.1) is 0 Å². The zero-order valence-electron chi connectivity index (χ0n) is 10.1. The average molecular weight is 234 g/mol. The lowest BCUT2D eigenvalue weighted by Gasteiger charge is -2.27. The molecule has 4 nitrogen and oxygen atoms in total. The quantitative estimate of drug-likeness (QED) is 0.811. The van der Waals surface area contributed by atoms with Gasteiger partial charge in [0.2, 0.25) is 5.91 Å². The Bertz CT molecular complexity index is 418. The highest BCUT2D eigenvalue weighted by atomic mass is 16.5. The number of rotatable bonds is 3. The zero-order valence-corrected chi connectivity index (χ0v) is 10.1. The van der Waals surface area contributed by atoms with Gasteiger partial charge in [-0.25, -0.2) is 0 Å². The summed E-state index contributed by atoms with van der Waals surface area (Å²) in [5.41, 5.74) is 7.44. The minimum absolute atomic E-state index is 0.223. The van der Waals surface area contributed by atoms with Crippen molar-refractivity contribution >= 4 is 11.6 Å². The SMILES string of the molecule is COc1ccc(N)cc1CN1CCCCC1=O. The predicted molar refractivity (Wildman–Crippen MR) is 66.7 cm³/mol. The fourth-order valence-corrected chi connectivity index (χ4v) is 2.16. The van der Waals surface area contributed by atoms with Crippen LogP contribution in [0.3, 0.4) is 0 Å². The van der Waals surface area contributed by atoms with Crippen molar-refractivity contribution in [1.29, 1.82) is 0 Å². The number of anilines is 1. The highest BCUT2D eigenvalue weighted by molar-refractivity contribution is 5.77. The molecule has 0 spiro atoms. The molecule has 1 saturated heterocycles. The monoisotopic (exact) mass is 234 g/mol. The van der Waals surface area contributed by atoms with E-state index >= 15 is 0 Å². The van der Waals surface area contributed by atoms with E-state index in [1.165, 1.54) is 0 Å². The van der Waals surface area contributed by atoms with Gasteiger partial charge in [-0.15, -0.1) is 0 Å². The van der Waals surface area contributed by atoms with Crippen molar-refractivity contribution in [2.45, 2.75) is 25.8 Å². The Kier molecular flexibility index (Phi) is 3.52. The summed E-state index contributed by atoms with van der Waals surface area (Å²) in [4.78, 5) is 13.6. The molecule has 0 radical (unpaired) electrons. The van der Waals surface area contributed by atoms with E-state index in [0.717, 1.165) is 30.7 Å². The van der Waals surface area contributed by atoms with E-state index in [9.17, 15) is 4.79 Å². The molecule has 1 heterocycles. The number of carbonyl (C=O) groups excluding carboxylic acids is 1. The van der Waals surface area contributed by atoms with Crippen LogP contribution in [0.4, 0.5) is 5.69 Å². The van der Waals surface area contributed by atoms with E-state index in [-0.39, 0.29) is 5.91 Å². The predicted octanol–water partition coefficient (Wildman–Crippen LogP) is 1.79. The number of nitrogens with two attached hydrogens (primary N) is 1. The number of ether oxygens (including phenoxy) is 1. The molecule has 0 aliphatic carbocycles. The molecule has 0 aromatic heterocycles. The summed E-state index contributed by atoms with van der Waals surface area (Å²) in [6.07, 6.45) is 2.74. The third kappa shape index (κ3) is 2.70. The average Bonchev–Trinajstić information content (AvgIpc) is 2.32. The van der Waals surface area contributed by atoms with Gasteiger partial charge in [0.25, 0.3) is 0 Å². The van der Waals surface area contributed by atoms with Crippen LogP contribution >= 0.6 is 0 Å². The number of hydrogen-bond acceptors (Lipinski definition) is 3. The largest absolute Gasteiger partial charge is 0.496 e. The minimum atomic E-state index is 0.223. The van der Waals surface area contributed by atoms with Crippen LogP contribution in [-0.2, 0) is 11.3 Å². The molecule has 1 aliphatic rings. The van der Waals surface area contributed by atoms with Gasteiger partial charge in [0, 0.05) is 30.8 Å². The van der Waals surface area contributed by atoms with Gasteiger partial charge in [0.05, 0.1) is 7.11 Å². The van der Waals surface area contributed by atoms with Crippen molar-refractivity contribution in [1.82, 2.24) is 4.90 Å². The molecule has 1 aliphatic heterocycles. The van der Waals surface area contributed by atoms with E-state index in [4.69, 9.17) is 10.5 Å². The lowest BCUT2D eigenvalue weighted by atomic mass is 10.1. The number of hydrogen-bond donors (Lipinski definition) is 1. The van der Waals surface area contributed by atoms with Crippen molar-refractivity contribution in [3.8, 4) is 5.75 Å². The molecule has 2 N–H and O–H groups in total. The van der Waals surface area contributed by atoms with Gasteiger partial charge in [0.1, 0.15) is 5.75 Å². The Labute approximate surface area is 101 Å². The fourth-order valence-electron chi connectivity index (χ4n) is 2.16. The molecule has 0 atom stereocenters. The van der Waals surface area contributed by atoms with Crippen molar-refractivity contribution in [2.75, 3.05) is 19.4 Å². The zero-order chi connectivity index (χ0) is 12.3. The lowest BCUT2D eigenvalue weighted by molar-refractivity contribution is -0.133. The number of benzene rings is 1. The molecule has 0 saturated carbocycles. The number of piperidine rings is 1.